The van der Waals surface area contributed by atoms with Gasteiger partial charge in [0.05, 0.1) is 12.0 Å². The predicted octanol–water partition coefficient (Wildman–Crippen LogP) is 6.13. The topological polar surface area (TPSA) is 49.8 Å². The third-order valence-corrected chi connectivity index (χ3v) is 8.77. The molecule has 1 aliphatic heterocycles. The zero-order valence-electron chi connectivity index (χ0n) is 19.9. The molecular formula is C29H36FNO3. The number of ether oxygens (including phenoxy) is 1. The first-order valence-electron chi connectivity index (χ1n) is 12.9. The first-order chi connectivity index (χ1) is 16.5. The van der Waals surface area contributed by atoms with Crippen molar-refractivity contribution in [3.63, 3.8) is 0 Å². The minimum absolute atomic E-state index is 0.0125. The standard InChI is InChI=1S/C29H36FNO3/c30-25-9-4-5-10-26(25)34-21-28(14-11-23-19-24(23)22-7-2-1-3-8-22)15-17-31(18-16-28)20-29(27(32)33)12-6-13-29/h1-5,7-10,23-24H,6,11-21H2,(H,32,33)/t23-,24?/m1/s1. The number of hydrogen-bond acceptors (Lipinski definition) is 3. The Balaban J connectivity index is 1.22. The van der Waals surface area contributed by atoms with Crippen LogP contribution >= 0.6 is 0 Å². The molecule has 5 heteroatoms. The molecule has 2 aliphatic carbocycles. The number of para-hydroxylation sites is 1. The molecule has 2 aromatic carbocycles. The fourth-order valence-corrected chi connectivity index (χ4v) is 6.08. The Hall–Kier alpha value is -2.40. The number of halogens is 1. The van der Waals surface area contributed by atoms with E-state index in [2.05, 4.69) is 35.2 Å². The average molecular weight is 466 g/mol. The molecule has 2 atom stereocenters. The molecule has 0 bridgehead atoms. The highest BCUT2D eigenvalue weighted by molar-refractivity contribution is 5.76. The van der Waals surface area contributed by atoms with Crippen molar-refractivity contribution in [3.05, 3.63) is 66.0 Å². The van der Waals surface area contributed by atoms with E-state index in [4.69, 9.17) is 4.74 Å². The fraction of sp³-hybridized carbons (Fsp3) is 0.552. The summed E-state index contributed by atoms with van der Waals surface area (Å²) in [6.07, 6.45) is 8.05. The van der Waals surface area contributed by atoms with Crippen molar-refractivity contribution >= 4 is 5.97 Å². The third kappa shape index (κ3) is 5.00. The Kier molecular flexibility index (Phi) is 6.65. The number of likely N-dealkylation sites (tertiary alicyclic amines) is 1. The van der Waals surface area contributed by atoms with Crippen LogP contribution in [-0.2, 0) is 4.79 Å². The lowest BCUT2D eigenvalue weighted by atomic mass is 9.67. The van der Waals surface area contributed by atoms with E-state index in [9.17, 15) is 14.3 Å². The van der Waals surface area contributed by atoms with Crippen LogP contribution in [0, 0.1) is 22.6 Å². The summed E-state index contributed by atoms with van der Waals surface area (Å²) < 4.78 is 20.3. The maximum atomic E-state index is 14.2. The van der Waals surface area contributed by atoms with E-state index in [0.717, 1.165) is 57.5 Å². The maximum absolute atomic E-state index is 14.2. The van der Waals surface area contributed by atoms with Gasteiger partial charge >= 0.3 is 5.97 Å². The number of nitrogens with zero attached hydrogens (tertiary/aromatic N) is 1. The van der Waals surface area contributed by atoms with Crippen LogP contribution in [0.25, 0.3) is 0 Å². The van der Waals surface area contributed by atoms with Gasteiger partial charge in [0.25, 0.3) is 0 Å². The van der Waals surface area contributed by atoms with E-state index in [1.165, 1.54) is 24.5 Å². The molecule has 4 nitrogen and oxygen atoms in total. The molecule has 1 saturated heterocycles. The van der Waals surface area contributed by atoms with Gasteiger partial charge in [-0.15, -0.1) is 0 Å². The summed E-state index contributed by atoms with van der Waals surface area (Å²) in [7, 11) is 0. The first kappa shape index (κ1) is 23.3. The van der Waals surface area contributed by atoms with Crippen molar-refractivity contribution in [2.45, 2.75) is 57.3 Å². The van der Waals surface area contributed by atoms with Crippen molar-refractivity contribution in [3.8, 4) is 5.75 Å². The summed E-state index contributed by atoms with van der Waals surface area (Å²) in [5.74, 6) is 0.766. The summed E-state index contributed by atoms with van der Waals surface area (Å²) in [5.41, 5.74) is 0.914. The molecule has 5 rings (SSSR count). The minimum atomic E-state index is -0.640. The van der Waals surface area contributed by atoms with Crippen LogP contribution in [0.2, 0.25) is 0 Å². The predicted molar refractivity (Wildman–Crippen MR) is 130 cm³/mol. The van der Waals surface area contributed by atoms with Gasteiger partial charge in [-0.2, -0.15) is 0 Å². The van der Waals surface area contributed by atoms with E-state index in [1.807, 2.05) is 6.07 Å². The third-order valence-electron chi connectivity index (χ3n) is 8.77. The number of carboxylic acid groups (broad SMARTS) is 1. The van der Waals surface area contributed by atoms with E-state index in [1.54, 1.807) is 12.1 Å². The lowest BCUT2D eigenvalue weighted by Gasteiger charge is -2.46. The molecule has 1 unspecified atom stereocenters. The Morgan fingerprint density at radius 1 is 1.03 bits per heavy atom. The van der Waals surface area contributed by atoms with Gasteiger partial charge in [-0.3, -0.25) is 4.79 Å². The number of rotatable bonds is 10. The van der Waals surface area contributed by atoms with E-state index in [-0.39, 0.29) is 11.2 Å². The zero-order valence-corrected chi connectivity index (χ0v) is 19.9. The average Bonchev–Trinajstić information content (AvgIpc) is 3.61. The second-order valence-corrected chi connectivity index (χ2v) is 11.0. The highest BCUT2D eigenvalue weighted by Gasteiger charge is 2.47. The summed E-state index contributed by atoms with van der Waals surface area (Å²) in [4.78, 5) is 14.2. The molecule has 3 aliphatic rings. The number of carboxylic acids is 1. The number of aliphatic carboxylic acids is 1. The molecular weight excluding hydrogens is 429 g/mol. The van der Waals surface area contributed by atoms with Gasteiger partial charge in [0.2, 0.25) is 0 Å². The molecule has 1 N–H and O–H groups in total. The summed E-state index contributed by atoms with van der Waals surface area (Å²) in [5, 5.41) is 9.74. The number of piperidine rings is 1. The smallest absolute Gasteiger partial charge is 0.310 e. The molecule has 0 radical (unpaired) electrons. The van der Waals surface area contributed by atoms with Gasteiger partial charge in [0, 0.05) is 12.0 Å². The molecule has 3 fully saturated rings. The first-order valence-corrected chi connectivity index (χ1v) is 12.9. The Labute approximate surface area is 202 Å². The molecule has 0 spiro atoms. The molecule has 1 heterocycles. The molecule has 2 aromatic rings. The fourth-order valence-electron chi connectivity index (χ4n) is 6.08. The Morgan fingerprint density at radius 2 is 1.74 bits per heavy atom. The summed E-state index contributed by atoms with van der Waals surface area (Å²) in [6, 6.07) is 17.4. The number of hydrogen-bond donors (Lipinski definition) is 1. The van der Waals surface area contributed by atoms with Crippen molar-refractivity contribution in [2.24, 2.45) is 16.7 Å². The second-order valence-electron chi connectivity index (χ2n) is 11.0. The van der Waals surface area contributed by atoms with Gasteiger partial charge in [-0.1, -0.05) is 48.9 Å². The highest BCUT2D eigenvalue weighted by Crippen LogP contribution is 2.52. The number of carbonyl (C=O) groups is 1. The summed E-state index contributed by atoms with van der Waals surface area (Å²) >= 11 is 0. The van der Waals surface area contributed by atoms with Crippen LogP contribution in [0.3, 0.4) is 0 Å². The molecule has 0 aromatic heterocycles. The normalized spacial score (nSPS) is 25.3. The molecule has 182 valence electrons. The van der Waals surface area contributed by atoms with Crippen LogP contribution in [0.5, 0.6) is 5.75 Å². The largest absolute Gasteiger partial charge is 0.490 e. The lowest BCUT2D eigenvalue weighted by Crippen LogP contribution is -2.51. The van der Waals surface area contributed by atoms with Gasteiger partial charge in [0.15, 0.2) is 11.6 Å². The molecule has 0 amide bonds. The highest BCUT2D eigenvalue weighted by atomic mass is 19.1. The van der Waals surface area contributed by atoms with Crippen LogP contribution in [0.4, 0.5) is 4.39 Å². The second kappa shape index (κ2) is 9.69. The van der Waals surface area contributed by atoms with Crippen LogP contribution in [-0.4, -0.2) is 42.2 Å². The lowest BCUT2D eigenvalue weighted by molar-refractivity contribution is -0.156. The van der Waals surface area contributed by atoms with Crippen molar-refractivity contribution in [2.75, 3.05) is 26.2 Å². The minimum Gasteiger partial charge on any atom is -0.490 e. The van der Waals surface area contributed by atoms with Crippen molar-refractivity contribution in [1.82, 2.24) is 4.90 Å². The van der Waals surface area contributed by atoms with Crippen LogP contribution in [0.15, 0.2) is 54.6 Å². The Morgan fingerprint density at radius 3 is 2.38 bits per heavy atom. The molecule has 2 saturated carbocycles. The van der Waals surface area contributed by atoms with Crippen molar-refractivity contribution < 1.29 is 19.0 Å². The zero-order chi connectivity index (χ0) is 23.6. The number of benzene rings is 2. The van der Waals surface area contributed by atoms with Crippen molar-refractivity contribution in [1.29, 1.82) is 0 Å². The van der Waals surface area contributed by atoms with Gasteiger partial charge in [-0.25, -0.2) is 4.39 Å². The Bertz CT molecular complexity index is 982. The maximum Gasteiger partial charge on any atom is 0.310 e. The van der Waals surface area contributed by atoms with E-state index >= 15 is 0 Å². The monoisotopic (exact) mass is 465 g/mol. The van der Waals surface area contributed by atoms with Gasteiger partial charge in [0.1, 0.15) is 0 Å². The summed E-state index contributed by atoms with van der Waals surface area (Å²) in [6.45, 7) is 2.96. The van der Waals surface area contributed by atoms with Crippen LogP contribution < -0.4 is 4.74 Å². The van der Waals surface area contributed by atoms with Gasteiger partial charge in [-0.05, 0) is 87.6 Å². The van der Waals surface area contributed by atoms with Crippen LogP contribution in [0.1, 0.15) is 62.8 Å². The van der Waals surface area contributed by atoms with E-state index in [0.29, 0.717) is 24.8 Å². The molecule has 34 heavy (non-hydrogen) atoms. The van der Waals surface area contributed by atoms with E-state index < -0.39 is 11.4 Å². The SMILES string of the molecule is O=C(O)C1(CN2CCC(CC[C@@H]3CC3c3ccccc3)(COc3ccccc3F)CC2)CCC1. The quantitative estimate of drug-likeness (QED) is 0.459. The van der Waals surface area contributed by atoms with Gasteiger partial charge < -0.3 is 14.7 Å².